The number of piperazine rings is 1. The van der Waals surface area contributed by atoms with Crippen molar-refractivity contribution in [2.45, 2.75) is 25.9 Å². The first kappa shape index (κ1) is 15.7. The van der Waals surface area contributed by atoms with Crippen LogP contribution in [0.2, 0.25) is 0 Å². The monoisotopic (exact) mass is 316 g/mol. The fraction of sp³-hybridized carbons (Fsp3) is 0.389. The van der Waals surface area contributed by atoms with Gasteiger partial charge in [-0.3, -0.25) is 9.69 Å². The van der Waals surface area contributed by atoms with Crippen molar-refractivity contribution in [3.63, 3.8) is 0 Å². The van der Waals surface area contributed by atoms with Gasteiger partial charge in [0.15, 0.2) is 0 Å². The third-order valence-electron chi connectivity index (χ3n) is 4.29. The zero-order valence-electron chi connectivity index (χ0n) is 13.2. The van der Waals surface area contributed by atoms with Crippen LogP contribution in [-0.4, -0.2) is 41.4 Å². The number of benzene rings is 1. The Hall–Kier alpha value is -2.14. The van der Waals surface area contributed by atoms with E-state index in [4.69, 9.17) is 4.42 Å². The lowest BCUT2D eigenvalue weighted by atomic mass is 10.1. The van der Waals surface area contributed by atoms with E-state index in [0.29, 0.717) is 12.1 Å². The normalized spacial score (nSPS) is 19.0. The van der Waals surface area contributed by atoms with Crippen LogP contribution >= 0.6 is 0 Å². The molecule has 23 heavy (non-hydrogen) atoms. The number of rotatable bonds is 4. The number of nitrogens with zero attached hydrogens (tertiary/aromatic N) is 2. The van der Waals surface area contributed by atoms with Crippen LogP contribution in [0.1, 0.15) is 18.2 Å². The maximum Gasteiger partial charge on any atom is 0.227 e. The maximum absolute atomic E-state index is 13.7. The molecule has 2 heterocycles. The molecule has 1 aromatic heterocycles. The third-order valence-corrected chi connectivity index (χ3v) is 4.29. The van der Waals surface area contributed by atoms with E-state index < -0.39 is 0 Å². The van der Waals surface area contributed by atoms with Crippen LogP contribution in [0.15, 0.2) is 47.1 Å². The van der Waals surface area contributed by atoms with Crippen molar-refractivity contribution in [2.24, 2.45) is 0 Å². The Morgan fingerprint density at radius 3 is 2.78 bits per heavy atom. The minimum absolute atomic E-state index is 0.0137. The molecular weight excluding hydrogens is 295 g/mol. The van der Waals surface area contributed by atoms with Crippen molar-refractivity contribution in [3.05, 3.63) is 59.8 Å². The van der Waals surface area contributed by atoms with Gasteiger partial charge in [-0.15, -0.1) is 0 Å². The summed E-state index contributed by atoms with van der Waals surface area (Å²) in [5.41, 5.74) is 0.461. The smallest absolute Gasteiger partial charge is 0.227 e. The number of hydrogen-bond acceptors (Lipinski definition) is 3. The molecule has 1 aliphatic heterocycles. The molecule has 0 spiro atoms. The van der Waals surface area contributed by atoms with E-state index in [1.165, 1.54) is 6.07 Å². The summed E-state index contributed by atoms with van der Waals surface area (Å²) in [5, 5.41) is 0. The van der Waals surface area contributed by atoms with Crippen molar-refractivity contribution in [3.8, 4) is 0 Å². The summed E-state index contributed by atoms with van der Waals surface area (Å²) < 4.78 is 19.1. The van der Waals surface area contributed by atoms with E-state index in [1.807, 2.05) is 24.0 Å². The van der Waals surface area contributed by atoms with Gasteiger partial charge in [0, 0.05) is 25.7 Å². The predicted molar refractivity (Wildman–Crippen MR) is 85.3 cm³/mol. The third kappa shape index (κ3) is 3.79. The second-order valence-corrected chi connectivity index (χ2v) is 6.02. The van der Waals surface area contributed by atoms with E-state index in [2.05, 4.69) is 4.90 Å². The van der Waals surface area contributed by atoms with E-state index in [9.17, 15) is 9.18 Å². The molecule has 0 bridgehead atoms. The van der Waals surface area contributed by atoms with Crippen molar-refractivity contribution in [2.75, 3.05) is 19.6 Å². The highest BCUT2D eigenvalue weighted by Crippen LogP contribution is 2.16. The number of carbonyl (C=O) groups is 1. The molecular formula is C18H21FN2O2. The quantitative estimate of drug-likeness (QED) is 0.870. The minimum Gasteiger partial charge on any atom is -0.468 e. The minimum atomic E-state index is -0.315. The lowest BCUT2D eigenvalue weighted by Gasteiger charge is -2.39. The van der Waals surface area contributed by atoms with Crippen molar-refractivity contribution in [1.82, 2.24) is 9.80 Å². The molecule has 0 N–H and O–H groups in total. The molecule has 0 aliphatic carbocycles. The van der Waals surface area contributed by atoms with Crippen molar-refractivity contribution in [1.29, 1.82) is 0 Å². The van der Waals surface area contributed by atoms with Gasteiger partial charge >= 0.3 is 0 Å². The lowest BCUT2D eigenvalue weighted by Crippen LogP contribution is -2.54. The Morgan fingerprint density at radius 2 is 2.09 bits per heavy atom. The Balaban J connectivity index is 1.57. The van der Waals surface area contributed by atoms with Gasteiger partial charge in [0.25, 0.3) is 0 Å². The number of furan rings is 1. The van der Waals surface area contributed by atoms with Crippen LogP contribution in [0.4, 0.5) is 4.39 Å². The molecule has 4 nitrogen and oxygen atoms in total. The van der Waals surface area contributed by atoms with E-state index in [0.717, 1.165) is 25.4 Å². The second kappa shape index (κ2) is 6.96. The molecule has 122 valence electrons. The molecule has 1 saturated heterocycles. The van der Waals surface area contributed by atoms with Crippen molar-refractivity contribution < 1.29 is 13.6 Å². The first-order valence-electron chi connectivity index (χ1n) is 7.91. The van der Waals surface area contributed by atoms with Gasteiger partial charge in [-0.1, -0.05) is 18.2 Å². The number of hydrogen-bond donors (Lipinski definition) is 0. The molecule has 1 atom stereocenters. The molecule has 0 radical (unpaired) electrons. The molecule has 1 aromatic carbocycles. The Morgan fingerprint density at radius 1 is 1.26 bits per heavy atom. The van der Waals surface area contributed by atoms with Crippen LogP contribution < -0.4 is 0 Å². The van der Waals surface area contributed by atoms with Gasteiger partial charge in [0.2, 0.25) is 5.91 Å². The van der Waals surface area contributed by atoms with Crippen molar-refractivity contribution >= 4 is 5.91 Å². The van der Waals surface area contributed by atoms with Crippen LogP contribution in [0.5, 0.6) is 0 Å². The van der Waals surface area contributed by atoms with Gasteiger partial charge in [0.1, 0.15) is 11.6 Å². The SMILES string of the molecule is C[C@H]1CN(Cc2ccco2)CCN1C(=O)Cc1ccccc1F. The van der Waals surface area contributed by atoms with E-state index in [-0.39, 0.29) is 24.2 Å². The molecule has 2 aromatic rings. The van der Waals surface area contributed by atoms with E-state index >= 15 is 0 Å². The van der Waals surface area contributed by atoms with Gasteiger partial charge < -0.3 is 9.32 Å². The number of amides is 1. The molecule has 1 fully saturated rings. The average Bonchev–Trinajstić information content (AvgIpc) is 3.02. The van der Waals surface area contributed by atoms with E-state index in [1.54, 1.807) is 24.5 Å². The zero-order valence-corrected chi connectivity index (χ0v) is 13.2. The first-order valence-corrected chi connectivity index (χ1v) is 7.91. The Labute approximate surface area is 135 Å². The van der Waals surface area contributed by atoms with Crippen LogP contribution in [-0.2, 0) is 17.8 Å². The number of halogens is 1. The topological polar surface area (TPSA) is 36.7 Å². The molecule has 5 heteroatoms. The van der Waals surface area contributed by atoms with Gasteiger partial charge in [0.05, 0.1) is 19.2 Å². The highest BCUT2D eigenvalue weighted by molar-refractivity contribution is 5.79. The summed E-state index contributed by atoms with van der Waals surface area (Å²) in [4.78, 5) is 16.6. The fourth-order valence-electron chi connectivity index (χ4n) is 3.08. The predicted octanol–water partition coefficient (Wildman–Crippen LogP) is 2.69. The summed E-state index contributed by atoms with van der Waals surface area (Å²) in [5.74, 6) is 0.605. The highest BCUT2D eigenvalue weighted by atomic mass is 19.1. The molecule has 3 rings (SSSR count). The maximum atomic E-state index is 13.7. The molecule has 0 saturated carbocycles. The summed E-state index contributed by atoms with van der Waals surface area (Å²) in [6.07, 6.45) is 1.79. The summed E-state index contributed by atoms with van der Waals surface area (Å²) >= 11 is 0. The van der Waals surface area contributed by atoms with Gasteiger partial charge in [-0.2, -0.15) is 0 Å². The largest absolute Gasteiger partial charge is 0.468 e. The lowest BCUT2D eigenvalue weighted by molar-refractivity contribution is -0.135. The molecule has 0 unspecified atom stereocenters. The van der Waals surface area contributed by atoms with Gasteiger partial charge in [-0.05, 0) is 30.7 Å². The second-order valence-electron chi connectivity index (χ2n) is 6.02. The van der Waals surface area contributed by atoms with Crippen LogP contribution in [0.3, 0.4) is 0 Å². The summed E-state index contributed by atoms with van der Waals surface area (Å²) in [6.45, 7) is 5.05. The summed E-state index contributed by atoms with van der Waals surface area (Å²) in [6, 6.07) is 10.4. The zero-order chi connectivity index (χ0) is 16.2. The Bertz CT molecular complexity index is 657. The highest BCUT2D eigenvalue weighted by Gasteiger charge is 2.28. The fourth-order valence-corrected chi connectivity index (χ4v) is 3.08. The van der Waals surface area contributed by atoms with Crippen LogP contribution in [0, 0.1) is 5.82 Å². The Kier molecular flexibility index (Phi) is 4.76. The number of carbonyl (C=O) groups excluding carboxylic acids is 1. The average molecular weight is 316 g/mol. The molecule has 1 aliphatic rings. The first-order chi connectivity index (χ1) is 11.1. The molecule has 1 amide bonds. The van der Waals surface area contributed by atoms with Crippen LogP contribution in [0.25, 0.3) is 0 Å². The van der Waals surface area contributed by atoms with Gasteiger partial charge in [-0.25, -0.2) is 4.39 Å². The standard InChI is InChI=1S/C18H21FN2O2/c1-14-12-20(13-16-6-4-10-23-16)8-9-21(14)18(22)11-15-5-2-3-7-17(15)19/h2-7,10,14H,8-9,11-13H2,1H3/t14-/m0/s1. The summed E-state index contributed by atoms with van der Waals surface area (Å²) in [7, 11) is 0.